The van der Waals surface area contributed by atoms with Gasteiger partial charge >= 0.3 is 0 Å². The Morgan fingerprint density at radius 3 is 2.93 bits per heavy atom. The van der Waals surface area contributed by atoms with Crippen LogP contribution in [-0.2, 0) is 0 Å². The fraction of sp³-hybridized carbons (Fsp3) is 0.190. The van der Waals surface area contributed by atoms with E-state index in [2.05, 4.69) is 15.5 Å². The van der Waals surface area contributed by atoms with Gasteiger partial charge in [0.05, 0.1) is 33.8 Å². The molecule has 7 nitrogen and oxygen atoms in total. The van der Waals surface area contributed by atoms with Gasteiger partial charge in [-0.05, 0) is 36.6 Å². The van der Waals surface area contributed by atoms with Gasteiger partial charge in [0.1, 0.15) is 12.7 Å². The molecule has 0 spiro atoms. The topological polar surface area (TPSA) is 86.5 Å². The van der Waals surface area contributed by atoms with Gasteiger partial charge in [-0.2, -0.15) is 0 Å². The second-order valence-corrected chi connectivity index (χ2v) is 7.64. The average Bonchev–Trinajstić information content (AvgIpc) is 3.42. The lowest BCUT2D eigenvalue weighted by atomic mass is 10.1. The number of rotatable bonds is 4. The summed E-state index contributed by atoms with van der Waals surface area (Å²) in [4.78, 5) is 18.5. The number of amides is 1. The summed E-state index contributed by atoms with van der Waals surface area (Å²) in [5.74, 6) is 1.16. The zero-order chi connectivity index (χ0) is 19.8. The third-order valence-electron chi connectivity index (χ3n) is 4.69. The molecule has 1 aromatic carbocycles. The first-order valence-corrected chi connectivity index (χ1v) is 10.0. The maximum atomic E-state index is 13.0. The van der Waals surface area contributed by atoms with E-state index in [1.165, 1.54) is 0 Å². The Balaban J connectivity index is 1.39. The van der Waals surface area contributed by atoms with Crippen molar-refractivity contribution in [1.82, 2.24) is 15.5 Å². The highest BCUT2D eigenvalue weighted by molar-refractivity contribution is 7.13. The first kappa shape index (κ1) is 17.7. The summed E-state index contributed by atoms with van der Waals surface area (Å²) in [6.07, 6.45) is -0.272. The van der Waals surface area contributed by atoms with Gasteiger partial charge in [0.2, 0.25) is 0 Å². The van der Waals surface area contributed by atoms with Crippen molar-refractivity contribution < 1.29 is 18.8 Å². The molecular formula is C21H17N3O4S. The van der Waals surface area contributed by atoms with E-state index in [4.69, 9.17) is 14.0 Å². The smallest absolute Gasteiger partial charge is 0.259 e. The Bertz CT molecular complexity index is 1190. The van der Waals surface area contributed by atoms with Crippen LogP contribution in [0.5, 0.6) is 11.5 Å². The second-order valence-electron chi connectivity index (χ2n) is 6.69. The fourth-order valence-electron chi connectivity index (χ4n) is 3.29. The predicted octanol–water partition coefficient (Wildman–Crippen LogP) is 3.83. The first-order chi connectivity index (χ1) is 14.2. The van der Waals surface area contributed by atoms with Gasteiger partial charge in [0, 0.05) is 0 Å². The molecule has 4 aromatic rings. The van der Waals surface area contributed by atoms with E-state index in [1.54, 1.807) is 24.3 Å². The molecule has 0 saturated heterocycles. The minimum absolute atomic E-state index is 0.232. The lowest BCUT2D eigenvalue weighted by Gasteiger charge is -2.26. The lowest BCUT2D eigenvalue weighted by Crippen LogP contribution is -2.40. The van der Waals surface area contributed by atoms with Crippen molar-refractivity contribution in [1.29, 1.82) is 0 Å². The predicted molar refractivity (Wildman–Crippen MR) is 109 cm³/mol. The Hall–Kier alpha value is -3.39. The van der Waals surface area contributed by atoms with Crippen LogP contribution in [0.2, 0.25) is 0 Å². The third-order valence-corrected chi connectivity index (χ3v) is 5.59. The van der Waals surface area contributed by atoms with E-state index < -0.39 is 0 Å². The zero-order valence-electron chi connectivity index (χ0n) is 15.5. The number of pyridine rings is 1. The number of hydrogen-bond donors (Lipinski definition) is 1. The molecule has 0 aliphatic carbocycles. The molecule has 3 aromatic heterocycles. The van der Waals surface area contributed by atoms with Gasteiger partial charge in [0.25, 0.3) is 11.6 Å². The largest absolute Gasteiger partial charge is 0.486 e. The van der Waals surface area contributed by atoms with Crippen molar-refractivity contribution in [3.63, 3.8) is 0 Å². The molecule has 8 heteroatoms. The van der Waals surface area contributed by atoms with Gasteiger partial charge in [-0.25, -0.2) is 4.98 Å². The van der Waals surface area contributed by atoms with Crippen LogP contribution in [0.15, 0.2) is 52.4 Å². The number of ether oxygens (including phenoxy) is 2. The zero-order valence-corrected chi connectivity index (χ0v) is 16.4. The van der Waals surface area contributed by atoms with Gasteiger partial charge in [-0.15, -0.1) is 11.3 Å². The average molecular weight is 407 g/mol. The van der Waals surface area contributed by atoms with Crippen LogP contribution in [0.4, 0.5) is 0 Å². The van der Waals surface area contributed by atoms with Crippen molar-refractivity contribution in [3.8, 4) is 22.1 Å². The fourth-order valence-corrected chi connectivity index (χ4v) is 3.98. The number of aromatic nitrogens is 2. The second kappa shape index (κ2) is 7.21. The van der Waals surface area contributed by atoms with E-state index in [0.29, 0.717) is 52.7 Å². The molecule has 4 heterocycles. The molecule has 0 fully saturated rings. The van der Waals surface area contributed by atoms with Crippen LogP contribution >= 0.6 is 11.3 Å². The maximum absolute atomic E-state index is 13.0. The molecule has 1 aliphatic heterocycles. The Labute approximate surface area is 170 Å². The molecular weight excluding hydrogens is 390 g/mol. The van der Waals surface area contributed by atoms with E-state index >= 15 is 0 Å². The van der Waals surface area contributed by atoms with Crippen LogP contribution < -0.4 is 14.8 Å². The minimum Gasteiger partial charge on any atom is -0.486 e. The SMILES string of the molecule is Cc1noc2nc(-c3cccs3)cc(C(=O)NC[C@@H]3COc4ccccc4O3)c12. The molecule has 1 amide bonds. The molecule has 0 unspecified atom stereocenters. The molecule has 29 heavy (non-hydrogen) atoms. The summed E-state index contributed by atoms with van der Waals surface area (Å²) < 4.78 is 17.0. The van der Waals surface area contributed by atoms with Gasteiger partial charge in [0.15, 0.2) is 11.5 Å². The molecule has 1 aliphatic rings. The summed E-state index contributed by atoms with van der Waals surface area (Å²) in [7, 11) is 0. The Morgan fingerprint density at radius 2 is 2.10 bits per heavy atom. The highest BCUT2D eigenvalue weighted by atomic mass is 32.1. The number of carbonyl (C=O) groups is 1. The number of fused-ring (bicyclic) bond motifs is 2. The summed E-state index contributed by atoms with van der Waals surface area (Å²) in [5, 5.41) is 9.50. The van der Waals surface area contributed by atoms with Crippen LogP contribution in [-0.4, -0.2) is 35.3 Å². The number of carbonyl (C=O) groups excluding carboxylic acids is 1. The summed E-state index contributed by atoms with van der Waals surface area (Å²) in [6.45, 7) is 2.48. The number of para-hydroxylation sites is 2. The van der Waals surface area contributed by atoms with Gasteiger partial charge in [-0.3, -0.25) is 4.79 Å². The van der Waals surface area contributed by atoms with Crippen molar-refractivity contribution in [2.45, 2.75) is 13.0 Å². The van der Waals surface area contributed by atoms with E-state index in [1.807, 2.05) is 41.8 Å². The van der Waals surface area contributed by atoms with Gasteiger partial charge in [-0.1, -0.05) is 23.4 Å². The highest BCUT2D eigenvalue weighted by Gasteiger charge is 2.23. The standard InChI is InChI=1S/C21H17N3O4S/c1-12-19-14(9-15(18-7-4-8-29-18)23-21(19)28-24-12)20(25)22-10-13-11-26-16-5-2-3-6-17(16)27-13/h2-9,13H,10-11H2,1H3,(H,22,25)/t13-/m1/s1. The Kier molecular flexibility index (Phi) is 4.40. The van der Waals surface area contributed by atoms with Crippen LogP contribution in [0.3, 0.4) is 0 Å². The van der Waals surface area contributed by atoms with Crippen molar-refractivity contribution in [2.75, 3.05) is 13.2 Å². The Morgan fingerprint density at radius 1 is 1.24 bits per heavy atom. The summed E-state index contributed by atoms with van der Waals surface area (Å²) in [6, 6.07) is 13.2. The molecule has 0 radical (unpaired) electrons. The van der Waals surface area contributed by atoms with Crippen molar-refractivity contribution >= 4 is 28.3 Å². The third kappa shape index (κ3) is 3.31. The number of nitrogens with one attached hydrogen (secondary N) is 1. The number of benzene rings is 1. The van der Waals surface area contributed by atoms with Gasteiger partial charge < -0.3 is 19.3 Å². The molecule has 0 saturated carbocycles. The maximum Gasteiger partial charge on any atom is 0.259 e. The van der Waals surface area contributed by atoms with E-state index in [0.717, 1.165) is 4.88 Å². The van der Waals surface area contributed by atoms with Crippen molar-refractivity contribution in [3.05, 3.63) is 59.1 Å². The normalized spacial score (nSPS) is 15.4. The van der Waals surface area contributed by atoms with Crippen LogP contribution in [0, 0.1) is 6.92 Å². The molecule has 5 rings (SSSR count). The number of hydrogen-bond acceptors (Lipinski definition) is 7. The first-order valence-electron chi connectivity index (χ1n) is 9.16. The minimum atomic E-state index is -0.272. The number of aryl methyl sites for hydroxylation is 1. The molecule has 1 atom stereocenters. The quantitative estimate of drug-likeness (QED) is 0.553. The van der Waals surface area contributed by atoms with Crippen molar-refractivity contribution in [2.24, 2.45) is 0 Å². The monoisotopic (exact) mass is 407 g/mol. The lowest BCUT2D eigenvalue weighted by molar-refractivity contribution is 0.0790. The number of thiophene rings is 1. The van der Waals surface area contributed by atoms with E-state index in [9.17, 15) is 4.79 Å². The molecule has 0 bridgehead atoms. The number of nitrogens with zero attached hydrogens (tertiary/aromatic N) is 2. The summed E-state index contributed by atoms with van der Waals surface area (Å²) in [5.41, 5.74) is 2.14. The van der Waals surface area contributed by atoms with Crippen LogP contribution in [0.1, 0.15) is 16.1 Å². The molecule has 146 valence electrons. The van der Waals surface area contributed by atoms with Crippen LogP contribution in [0.25, 0.3) is 21.7 Å². The molecule has 1 N–H and O–H groups in total. The van der Waals surface area contributed by atoms with E-state index in [-0.39, 0.29) is 12.0 Å². The highest BCUT2D eigenvalue weighted by Crippen LogP contribution is 2.31. The summed E-state index contributed by atoms with van der Waals surface area (Å²) >= 11 is 1.55.